The zero-order chi connectivity index (χ0) is 16.9. The minimum atomic E-state index is 0.0432. The highest BCUT2D eigenvalue weighted by molar-refractivity contribution is 7.99. The maximum Gasteiger partial charge on any atom is 0.191 e. The van der Waals surface area contributed by atoms with Gasteiger partial charge in [0.15, 0.2) is 16.8 Å². The van der Waals surface area contributed by atoms with Gasteiger partial charge in [0.2, 0.25) is 0 Å². The minimum Gasteiger partial charge on any atom is -0.497 e. The van der Waals surface area contributed by atoms with Gasteiger partial charge in [-0.2, -0.15) is 0 Å². The molecule has 6 nitrogen and oxygen atoms in total. The summed E-state index contributed by atoms with van der Waals surface area (Å²) in [4.78, 5) is 15.0. The van der Waals surface area contributed by atoms with Gasteiger partial charge in [-0.05, 0) is 43.3 Å². The van der Waals surface area contributed by atoms with E-state index in [2.05, 4.69) is 15.2 Å². The van der Waals surface area contributed by atoms with Gasteiger partial charge in [0.25, 0.3) is 0 Å². The molecule has 0 aliphatic carbocycles. The number of thioether (sulfide) groups is 1. The van der Waals surface area contributed by atoms with E-state index in [1.165, 1.54) is 11.8 Å². The van der Waals surface area contributed by atoms with Gasteiger partial charge in [-0.15, -0.1) is 10.2 Å². The second-order valence-electron chi connectivity index (χ2n) is 5.07. The molecule has 0 bridgehead atoms. The zero-order valence-electron chi connectivity index (χ0n) is 13.5. The topological polar surface area (TPSA) is 72.8 Å². The van der Waals surface area contributed by atoms with Gasteiger partial charge in [-0.25, -0.2) is 0 Å². The maximum atomic E-state index is 12.1. The average molecular weight is 342 g/mol. The Balaban J connectivity index is 1.77. The Labute approximate surface area is 144 Å². The molecule has 1 N–H and O–H groups in total. The van der Waals surface area contributed by atoms with Crippen LogP contribution in [0.15, 0.2) is 47.8 Å². The first-order valence-electron chi connectivity index (χ1n) is 7.60. The number of carbonyl (C=O) groups is 1. The number of aromatic amines is 1. The summed E-state index contributed by atoms with van der Waals surface area (Å²) in [5.74, 6) is 1.95. The van der Waals surface area contributed by atoms with E-state index in [1.807, 2.05) is 41.8 Å². The smallest absolute Gasteiger partial charge is 0.191 e. The second kappa shape index (κ2) is 7.35. The second-order valence-corrected chi connectivity index (χ2v) is 6.02. The summed E-state index contributed by atoms with van der Waals surface area (Å²) in [5, 5.41) is 9.27. The highest BCUT2D eigenvalue weighted by Gasteiger charge is 2.15. The lowest BCUT2D eigenvalue weighted by Crippen LogP contribution is -2.05. The molecule has 24 heavy (non-hydrogen) atoms. The number of hydrogen-bond donors (Lipinski definition) is 1. The highest BCUT2D eigenvalue weighted by Crippen LogP contribution is 2.25. The fourth-order valence-corrected chi connectivity index (χ4v) is 3.23. The number of benzene rings is 1. The van der Waals surface area contributed by atoms with E-state index in [-0.39, 0.29) is 5.78 Å². The Kier molecular flexibility index (Phi) is 5.00. The molecule has 7 heteroatoms. The molecule has 0 saturated carbocycles. The number of H-pyrrole nitrogens is 1. The van der Waals surface area contributed by atoms with Crippen molar-refractivity contribution in [1.82, 2.24) is 19.7 Å². The quantitative estimate of drug-likeness (QED) is 0.527. The fourth-order valence-electron chi connectivity index (χ4n) is 2.35. The summed E-state index contributed by atoms with van der Waals surface area (Å²) in [6.07, 6.45) is 1.74. The van der Waals surface area contributed by atoms with Crippen molar-refractivity contribution < 1.29 is 9.53 Å². The third-order valence-corrected chi connectivity index (χ3v) is 4.58. The Morgan fingerprint density at radius 2 is 2.04 bits per heavy atom. The van der Waals surface area contributed by atoms with Crippen LogP contribution in [-0.2, 0) is 6.54 Å². The predicted molar refractivity (Wildman–Crippen MR) is 93.5 cm³/mol. The van der Waals surface area contributed by atoms with Gasteiger partial charge in [0.1, 0.15) is 5.75 Å². The summed E-state index contributed by atoms with van der Waals surface area (Å²) >= 11 is 1.40. The first kappa shape index (κ1) is 16.3. The van der Waals surface area contributed by atoms with Crippen LogP contribution in [-0.4, -0.2) is 38.4 Å². The fraction of sp³-hybridized carbons (Fsp3) is 0.235. The zero-order valence-corrected chi connectivity index (χ0v) is 14.3. The van der Waals surface area contributed by atoms with E-state index in [0.29, 0.717) is 11.4 Å². The SMILES string of the molecule is CCn1c(SCC(=O)c2ccc[nH]2)nnc1-c1ccc(OC)cc1. The number of nitrogens with one attached hydrogen (secondary N) is 1. The molecular weight excluding hydrogens is 324 g/mol. The molecule has 0 amide bonds. The predicted octanol–water partition coefficient (Wildman–Crippen LogP) is 3.28. The molecule has 1 aromatic carbocycles. The molecule has 0 fully saturated rings. The number of methoxy groups -OCH3 is 1. The lowest BCUT2D eigenvalue weighted by Gasteiger charge is -2.07. The Hall–Kier alpha value is -2.54. The van der Waals surface area contributed by atoms with Crippen molar-refractivity contribution in [1.29, 1.82) is 0 Å². The van der Waals surface area contributed by atoms with Crippen molar-refractivity contribution in [2.45, 2.75) is 18.6 Å². The van der Waals surface area contributed by atoms with Crippen LogP contribution in [0.2, 0.25) is 0 Å². The molecule has 0 spiro atoms. The van der Waals surface area contributed by atoms with Crippen molar-refractivity contribution in [3.63, 3.8) is 0 Å². The van der Waals surface area contributed by atoms with Crippen molar-refractivity contribution >= 4 is 17.5 Å². The van der Waals surface area contributed by atoms with Crippen molar-refractivity contribution in [3.8, 4) is 17.1 Å². The first-order chi connectivity index (χ1) is 11.7. The van der Waals surface area contributed by atoms with Crippen LogP contribution in [0, 0.1) is 0 Å². The Morgan fingerprint density at radius 1 is 1.25 bits per heavy atom. The summed E-state index contributed by atoms with van der Waals surface area (Å²) in [5.41, 5.74) is 1.58. The number of Topliss-reactive ketones (excluding diaryl/α,β-unsaturated/α-hetero) is 1. The maximum absolute atomic E-state index is 12.1. The minimum absolute atomic E-state index is 0.0432. The molecule has 3 rings (SSSR count). The van der Waals surface area contributed by atoms with Crippen LogP contribution < -0.4 is 4.74 Å². The lowest BCUT2D eigenvalue weighted by molar-refractivity contribution is 0.101. The van der Waals surface area contributed by atoms with Gasteiger partial charge < -0.3 is 14.3 Å². The van der Waals surface area contributed by atoms with Gasteiger partial charge >= 0.3 is 0 Å². The van der Waals surface area contributed by atoms with E-state index >= 15 is 0 Å². The van der Waals surface area contributed by atoms with Crippen molar-refractivity contribution in [2.75, 3.05) is 12.9 Å². The molecule has 0 saturated heterocycles. The van der Waals surface area contributed by atoms with Crippen LogP contribution in [0.3, 0.4) is 0 Å². The summed E-state index contributed by atoms with van der Waals surface area (Å²) in [7, 11) is 1.64. The first-order valence-corrected chi connectivity index (χ1v) is 8.58. The molecule has 0 radical (unpaired) electrons. The number of aromatic nitrogens is 4. The van der Waals surface area contributed by atoms with Crippen molar-refractivity contribution in [2.24, 2.45) is 0 Å². The van der Waals surface area contributed by atoms with E-state index in [0.717, 1.165) is 28.8 Å². The third-order valence-electron chi connectivity index (χ3n) is 3.61. The summed E-state index contributed by atoms with van der Waals surface area (Å²) in [6.45, 7) is 2.76. The Morgan fingerprint density at radius 3 is 2.67 bits per heavy atom. The number of ketones is 1. The number of hydrogen-bond acceptors (Lipinski definition) is 5. The monoisotopic (exact) mass is 342 g/mol. The number of ether oxygens (including phenoxy) is 1. The van der Waals surface area contributed by atoms with Gasteiger partial charge in [-0.1, -0.05) is 11.8 Å². The van der Waals surface area contributed by atoms with E-state index < -0.39 is 0 Å². The summed E-state index contributed by atoms with van der Waals surface area (Å²) in [6, 6.07) is 11.3. The normalized spacial score (nSPS) is 10.8. The molecule has 0 atom stereocenters. The molecule has 124 valence electrons. The van der Waals surface area contributed by atoms with Crippen LogP contribution in [0.4, 0.5) is 0 Å². The van der Waals surface area contributed by atoms with Crippen LogP contribution in [0.1, 0.15) is 17.4 Å². The molecule has 0 unspecified atom stereocenters. The molecule has 0 aliphatic heterocycles. The average Bonchev–Trinajstić information content (AvgIpc) is 3.29. The summed E-state index contributed by atoms with van der Waals surface area (Å²) < 4.78 is 7.19. The van der Waals surface area contributed by atoms with Crippen molar-refractivity contribution in [3.05, 3.63) is 48.3 Å². The van der Waals surface area contributed by atoms with Crippen LogP contribution in [0.25, 0.3) is 11.4 Å². The molecule has 0 aliphatic rings. The van der Waals surface area contributed by atoms with E-state index in [4.69, 9.17) is 4.74 Å². The number of rotatable bonds is 7. The van der Waals surface area contributed by atoms with E-state index in [9.17, 15) is 4.79 Å². The molecule has 2 aromatic heterocycles. The number of nitrogens with zero attached hydrogens (tertiary/aromatic N) is 3. The number of carbonyl (C=O) groups excluding carboxylic acids is 1. The van der Waals surface area contributed by atoms with Gasteiger partial charge in [0, 0.05) is 18.3 Å². The highest BCUT2D eigenvalue weighted by atomic mass is 32.2. The molecule has 2 heterocycles. The van der Waals surface area contributed by atoms with E-state index in [1.54, 1.807) is 19.4 Å². The largest absolute Gasteiger partial charge is 0.497 e. The van der Waals surface area contributed by atoms with Gasteiger partial charge in [-0.3, -0.25) is 4.79 Å². The standard InChI is InChI=1S/C17H18N4O2S/c1-3-21-16(12-6-8-13(23-2)9-7-12)19-20-17(21)24-11-15(22)14-5-4-10-18-14/h4-10,18H,3,11H2,1-2H3. The van der Waals surface area contributed by atoms with Crippen LogP contribution >= 0.6 is 11.8 Å². The Bertz CT molecular complexity index is 810. The third kappa shape index (κ3) is 3.35. The molecule has 3 aromatic rings. The lowest BCUT2D eigenvalue weighted by atomic mass is 10.2. The van der Waals surface area contributed by atoms with Gasteiger partial charge in [0.05, 0.1) is 18.6 Å². The molecular formula is C17H18N4O2S. The van der Waals surface area contributed by atoms with Crippen LogP contribution in [0.5, 0.6) is 5.75 Å².